The molecule has 0 bridgehead atoms. The lowest BCUT2D eigenvalue weighted by Gasteiger charge is -2.24. The number of nitriles is 1. The number of anilines is 1. The fourth-order valence-electron chi connectivity index (χ4n) is 3.73. The highest BCUT2D eigenvalue weighted by molar-refractivity contribution is 7.17. The number of ether oxygens (including phenoxy) is 2. The Morgan fingerprint density at radius 1 is 1.39 bits per heavy atom. The van der Waals surface area contributed by atoms with Crippen LogP contribution in [0.4, 0.5) is 5.00 Å². The minimum absolute atomic E-state index is 0.356. The van der Waals surface area contributed by atoms with E-state index in [-0.39, 0.29) is 5.91 Å². The first kappa shape index (κ1) is 22.9. The zero-order valence-corrected chi connectivity index (χ0v) is 19.9. The Morgan fingerprint density at radius 3 is 2.91 bits per heavy atom. The molecule has 33 heavy (non-hydrogen) atoms. The molecule has 8 nitrogen and oxygen atoms in total. The molecule has 4 rings (SSSR count). The molecule has 3 heterocycles. The minimum atomic E-state index is -0.705. The van der Waals surface area contributed by atoms with Gasteiger partial charge in [-0.15, -0.1) is 22.7 Å². The smallest absolute Gasteiger partial charge is 0.329 e. The molecule has 3 aromatic rings. The van der Waals surface area contributed by atoms with Crippen LogP contribution >= 0.6 is 22.7 Å². The maximum atomic E-state index is 13.0. The van der Waals surface area contributed by atoms with Crippen LogP contribution in [0.5, 0.6) is 5.75 Å². The van der Waals surface area contributed by atoms with Crippen molar-refractivity contribution in [2.45, 2.75) is 32.4 Å². The van der Waals surface area contributed by atoms with Gasteiger partial charge in [0.2, 0.25) is 0 Å². The molecule has 2 atom stereocenters. The molecule has 1 aliphatic heterocycles. The van der Waals surface area contributed by atoms with Crippen LogP contribution in [0.15, 0.2) is 29.8 Å². The molecule has 1 aliphatic rings. The number of carbonyl (C=O) groups excluding carboxylic acids is 2. The number of carbonyl (C=O) groups is 2. The number of aryl methyl sites for hydroxylation is 1. The van der Waals surface area contributed by atoms with Gasteiger partial charge in [-0.1, -0.05) is 6.07 Å². The van der Waals surface area contributed by atoms with Crippen LogP contribution in [-0.4, -0.2) is 30.5 Å². The van der Waals surface area contributed by atoms with Crippen molar-refractivity contribution in [3.05, 3.63) is 61.9 Å². The topological polar surface area (TPSA) is 113 Å². The van der Waals surface area contributed by atoms with E-state index in [1.165, 1.54) is 29.8 Å². The van der Waals surface area contributed by atoms with Gasteiger partial charge in [-0.25, -0.2) is 9.78 Å². The number of nitrogens with zero attached hydrogens (tertiary/aromatic N) is 2. The van der Waals surface area contributed by atoms with Gasteiger partial charge in [-0.05, 0) is 44.0 Å². The first-order chi connectivity index (χ1) is 15.9. The second-order valence-electron chi connectivity index (χ2n) is 7.47. The average Bonchev–Trinajstić information content (AvgIpc) is 3.41. The van der Waals surface area contributed by atoms with Gasteiger partial charge in [0.15, 0.2) is 0 Å². The zero-order chi connectivity index (χ0) is 23.5. The summed E-state index contributed by atoms with van der Waals surface area (Å²) in [5.41, 5.74) is 4.12. The SMILES string of the molecule is COc1cccc(C(=O)Nc2sc3c(c2C#N)CCNC3C(=O)OC(C)c2scnc2C)c1. The van der Waals surface area contributed by atoms with Gasteiger partial charge in [0.05, 0.1) is 28.8 Å². The monoisotopic (exact) mass is 482 g/mol. The number of hydrogen-bond acceptors (Lipinski definition) is 9. The van der Waals surface area contributed by atoms with E-state index in [9.17, 15) is 14.9 Å². The summed E-state index contributed by atoms with van der Waals surface area (Å²) in [6.45, 7) is 4.22. The summed E-state index contributed by atoms with van der Waals surface area (Å²) in [5, 5.41) is 16.2. The number of hydrogen-bond donors (Lipinski definition) is 2. The van der Waals surface area contributed by atoms with E-state index in [4.69, 9.17) is 9.47 Å². The zero-order valence-electron chi connectivity index (χ0n) is 18.3. The summed E-state index contributed by atoms with van der Waals surface area (Å²) in [5.74, 6) is -0.219. The van der Waals surface area contributed by atoms with Gasteiger partial charge < -0.3 is 14.8 Å². The van der Waals surface area contributed by atoms with E-state index in [0.717, 1.165) is 16.1 Å². The van der Waals surface area contributed by atoms with E-state index in [2.05, 4.69) is 21.7 Å². The third-order valence-corrected chi connectivity index (χ3v) is 7.68. The predicted octanol–water partition coefficient (Wildman–Crippen LogP) is 4.14. The summed E-state index contributed by atoms with van der Waals surface area (Å²) in [6.07, 6.45) is 0.150. The number of benzene rings is 1. The molecule has 0 spiro atoms. The van der Waals surface area contributed by atoms with E-state index >= 15 is 0 Å². The summed E-state index contributed by atoms with van der Waals surface area (Å²) in [7, 11) is 1.53. The Hall–Kier alpha value is -3.26. The molecule has 2 unspecified atom stereocenters. The van der Waals surface area contributed by atoms with Crippen LogP contribution in [0, 0.1) is 18.3 Å². The predicted molar refractivity (Wildman–Crippen MR) is 126 cm³/mol. The van der Waals surface area contributed by atoms with Gasteiger partial charge >= 0.3 is 5.97 Å². The molecule has 0 saturated heterocycles. The summed E-state index contributed by atoms with van der Waals surface area (Å²) in [4.78, 5) is 31.6. The third kappa shape index (κ3) is 4.61. The fraction of sp³-hybridized carbons (Fsp3) is 0.304. The molecular weight excluding hydrogens is 460 g/mol. The maximum absolute atomic E-state index is 13.0. The van der Waals surface area contributed by atoms with E-state index < -0.39 is 18.1 Å². The summed E-state index contributed by atoms with van der Waals surface area (Å²) < 4.78 is 10.9. The second kappa shape index (κ2) is 9.70. The Morgan fingerprint density at radius 2 is 2.21 bits per heavy atom. The molecule has 1 amide bonds. The molecule has 0 saturated carbocycles. The lowest BCUT2D eigenvalue weighted by atomic mass is 9.99. The number of rotatable bonds is 6. The quantitative estimate of drug-likeness (QED) is 0.508. The number of fused-ring (bicyclic) bond motifs is 1. The lowest BCUT2D eigenvalue weighted by molar-refractivity contribution is -0.151. The van der Waals surface area contributed by atoms with Crippen LogP contribution in [0.2, 0.25) is 0 Å². The number of esters is 1. The molecule has 0 aliphatic carbocycles. The molecule has 2 N–H and O–H groups in total. The highest BCUT2D eigenvalue weighted by Crippen LogP contribution is 2.40. The van der Waals surface area contributed by atoms with Gasteiger partial charge in [-0.2, -0.15) is 5.26 Å². The number of amides is 1. The van der Waals surface area contributed by atoms with E-state index in [1.807, 2.05) is 13.8 Å². The van der Waals surface area contributed by atoms with Crippen LogP contribution in [-0.2, 0) is 16.0 Å². The van der Waals surface area contributed by atoms with Crippen LogP contribution in [0.25, 0.3) is 0 Å². The minimum Gasteiger partial charge on any atom is -0.497 e. The Balaban J connectivity index is 1.58. The number of nitrogens with one attached hydrogen (secondary N) is 2. The molecule has 0 fully saturated rings. The van der Waals surface area contributed by atoms with Crippen molar-refractivity contribution in [3.8, 4) is 11.8 Å². The first-order valence-electron chi connectivity index (χ1n) is 10.3. The molecular formula is C23H22N4O4S2. The summed E-state index contributed by atoms with van der Waals surface area (Å²) in [6, 6.07) is 8.26. The van der Waals surface area contributed by atoms with E-state index in [0.29, 0.717) is 39.7 Å². The summed E-state index contributed by atoms with van der Waals surface area (Å²) >= 11 is 2.67. The number of methoxy groups -OCH3 is 1. The Labute approximate surface area is 199 Å². The molecule has 0 radical (unpaired) electrons. The van der Waals surface area contributed by atoms with Crippen molar-refractivity contribution in [3.63, 3.8) is 0 Å². The second-order valence-corrected chi connectivity index (χ2v) is 9.40. The maximum Gasteiger partial charge on any atom is 0.329 e. The van der Waals surface area contributed by atoms with Crippen LogP contribution in [0.1, 0.15) is 56.0 Å². The van der Waals surface area contributed by atoms with Gasteiger partial charge in [0.1, 0.15) is 29.0 Å². The van der Waals surface area contributed by atoms with Gasteiger partial charge in [0.25, 0.3) is 5.91 Å². The van der Waals surface area contributed by atoms with Crippen molar-refractivity contribution >= 4 is 39.6 Å². The average molecular weight is 483 g/mol. The molecule has 1 aromatic carbocycles. The first-order valence-corrected chi connectivity index (χ1v) is 12.0. The fourth-order valence-corrected chi connectivity index (χ4v) is 5.78. The van der Waals surface area contributed by atoms with Crippen LogP contribution < -0.4 is 15.4 Å². The van der Waals surface area contributed by atoms with Crippen molar-refractivity contribution in [2.75, 3.05) is 19.0 Å². The normalized spacial score (nSPS) is 15.8. The van der Waals surface area contributed by atoms with Gasteiger partial charge in [-0.3, -0.25) is 10.1 Å². The molecule has 2 aromatic heterocycles. The number of aromatic nitrogens is 1. The van der Waals surface area contributed by atoms with Crippen molar-refractivity contribution in [1.82, 2.24) is 10.3 Å². The van der Waals surface area contributed by atoms with Crippen molar-refractivity contribution in [1.29, 1.82) is 5.26 Å². The molecule has 170 valence electrons. The highest BCUT2D eigenvalue weighted by atomic mass is 32.1. The number of thiazole rings is 1. The Bertz CT molecular complexity index is 1240. The Kier molecular flexibility index (Phi) is 6.74. The van der Waals surface area contributed by atoms with Crippen molar-refractivity contribution in [2.24, 2.45) is 0 Å². The number of thiophene rings is 1. The van der Waals surface area contributed by atoms with E-state index in [1.54, 1.807) is 29.8 Å². The lowest BCUT2D eigenvalue weighted by Crippen LogP contribution is -2.35. The largest absolute Gasteiger partial charge is 0.497 e. The van der Waals surface area contributed by atoms with Crippen molar-refractivity contribution < 1.29 is 19.1 Å². The van der Waals surface area contributed by atoms with Gasteiger partial charge in [0, 0.05) is 17.0 Å². The highest BCUT2D eigenvalue weighted by Gasteiger charge is 2.34. The standard InChI is InChI=1S/C23H22N4O4S2/c1-12-19(32-11-26-12)13(2)31-23(29)18-20-16(7-8-25-18)17(10-24)22(33-20)27-21(28)14-5-4-6-15(9-14)30-3/h4-6,9,11,13,18,25H,7-8H2,1-3H3,(H,27,28). The molecule has 10 heteroatoms. The van der Waals surface area contributed by atoms with Crippen LogP contribution in [0.3, 0.4) is 0 Å². The third-order valence-electron chi connectivity index (χ3n) is 5.38.